The van der Waals surface area contributed by atoms with Gasteiger partial charge >= 0.3 is 0 Å². The second kappa shape index (κ2) is 5.71. The minimum Gasteiger partial charge on any atom is -0.469 e. The highest BCUT2D eigenvalue weighted by Crippen LogP contribution is 2.22. The van der Waals surface area contributed by atoms with Crippen LogP contribution < -0.4 is 0 Å². The average Bonchev–Trinajstić information content (AvgIpc) is 2.96. The van der Waals surface area contributed by atoms with Gasteiger partial charge in [0.05, 0.1) is 15.6 Å². The zero-order valence-corrected chi connectivity index (χ0v) is 12.7. The van der Waals surface area contributed by atoms with Gasteiger partial charge in [0.25, 0.3) is 5.91 Å². The number of rotatable bonds is 4. The first-order chi connectivity index (χ1) is 8.61. The van der Waals surface area contributed by atoms with Gasteiger partial charge in [0.2, 0.25) is 0 Å². The van der Waals surface area contributed by atoms with E-state index in [1.54, 1.807) is 35.6 Å². The Morgan fingerprint density at radius 3 is 2.94 bits per heavy atom. The molecule has 0 saturated carbocycles. The standard InChI is InChI=1S/C13H14BrNO2S/c1-3-11-10(4-5-17-11)13(16)15(2)7-9-6-12(14)18-8-9/h4-6,8H,3,7H2,1-2H3. The van der Waals surface area contributed by atoms with Crippen LogP contribution in [0.25, 0.3) is 0 Å². The number of hydrogen-bond donors (Lipinski definition) is 0. The van der Waals surface area contributed by atoms with E-state index >= 15 is 0 Å². The molecule has 0 aliphatic heterocycles. The predicted octanol–water partition coefficient (Wildman–Crippen LogP) is 3.94. The minimum absolute atomic E-state index is 0.00271. The number of aryl methyl sites for hydroxylation is 1. The molecule has 2 aromatic rings. The van der Waals surface area contributed by atoms with Gasteiger partial charge < -0.3 is 9.32 Å². The van der Waals surface area contributed by atoms with Crippen LogP contribution >= 0.6 is 27.3 Å². The van der Waals surface area contributed by atoms with Gasteiger partial charge in [0.1, 0.15) is 5.76 Å². The molecule has 0 bridgehead atoms. The van der Waals surface area contributed by atoms with Crippen LogP contribution in [0.5, 0.6) is 0 Å². The fourth-order valence-corrected chi connectivity index (χ4v) is 2.99. The van der Waals surface area contributed by atoms with E-state index < -0.39 is 0 Å². The van der Waals surface area contributed by atoms with Gasteiger partial charge in [-0.15, -0.1) is 11.3 Å². The van der Waals surface area contributed by atoms with Crippen molar-refractivity contribution < 1.29 is 9.21 Å². The van der Waals surface area contributed by atoms with E-state index in [4.69, 9.17) is 4.42 Å². The van der Waals surface area contributed by atoms with Crippen LogP contribution in [0.2, 0.25) is 0 Å². The van der Waals surface area contributed by atoms with Crippen molar-refractivity contribution in [3.05, 3.63) is 44.4 Å². The van der Waals surface area contributed by atoms with Gasteiger partial charge in [0.15, 0.2) is 0 Å². The third-order valence-electron chi connectivity index (χ3n) is 2.69. The Labute approximate surface area is 119 Å². The maximum atomic E-state index is 12.3. The van der Waals surface area contributed by atoms with E-state index in [0.29, 0.717) is 12.1 Å². The molecule has 96 valence electrons. The van der Waals surface area contributed by atoms with Crippen molar-refractivity contribution in [3.8, 4) is 0 Å². The number of thiophene rings is 1. The first-order valence-corrected chi connectivity index (χ1v) is 7.33. The molecule has 0 spiro atoms. The van der Waals surface area contributed by atoms with Gasteiger partial charge in [-0.1, -0.05) is 6.92 Å². The summed E-state index contributed by atoms with van der Waals surface area (Å²) in [7, 11) is 1.81. The summed E-state index contributed by atoms with van der Waals surface area (Å²) in [5.41, 5.74) is 1.79. The van der Waals surface area contributed by atoms with E-state index in [0.717, 1.165) is 21.5 Å². The summed E-state index contributed by atoms with van der Waals surface area (Å²) >= 11 is 5.04. The molecule has 0 N–H and O–H groups in total. The molecule has 0 atom stereocenters. The van der Waals surface area contributed by atoms with Gasteiger partial charge in [-0.3, -0.25) is 4.79 Å². The monoisotopic (exact) mass is 327 g/mol. The summed E-state index contributed by atoms with van der Waals surface area (Å²) in [6, 6.07) is 3.77. The van der Waals surface area contributed by atoms with Gasteiger partial charge in [0, 0.05) is 20.0 Å². The first kappa shape index (κ1) is 13.4. The lowest BCUT2D eigenvalue weighted by Crippen LogP contribution is -2.26. The van der Waals surface area contributed by atoms with Crippen molar-refractivity contribution in [2.75, 3.05) is 7.05 Å². The lowest BCUT2D eigenvalue weighted by Gasteiger charge is -2.16. The summed E-state index contributed by atoms with van der Waals surface area (Å²) in [6.45, 7) is 2.58. The molecule has 0 aliphatic carbocycles. The van der Waals surface area contributed by atoms with E-state index in [1.165, 1.54) is 0 Å². The van der Waals surface area contributed by atoms with Crippen molar-refractivity contribution in [2.24, 2.45) is 0 Å². The Kier molecular flexibility index (Phi) is 4.24. The van der Waals surface area contributed by atoms with Crippen molar-refractivity contribution in [3.63, 3.8) is 0 Å². The smallest absolute Gasteiger partial charge is 0.257 e. The lowest BCUT2D eigenvalue weighted by molar-refractivity contribution is 0.0783. The number of halogens is 1. The Balaban J connectivity index is 2.09. The molecule has 18 heavy (non-hydrogen) atoms. The number of carbonyl (C=O) groups excluding carboxylic acids is 1. The van der Waals surface area contributed by atoms with Crippen LogP contribution in [0.4, 0.5) is 0 Å². The fourth-order valence-electron chi connectivity index (χ4n) is 1.78. The van der Waals surface area contributed by atoms with E-state index in [-0.39, 0.29) is 5.91 Å². The normalized spacial score (nSPS) is 10.6. The Morgan fingerprint density at radius 1 is 1.56 bits per heavy atom. The molecule has 2 aromatic heterocycles. The van der Waals surface area contributed by atoms with Crippen LogP contribution in [-0.4, -0.2) is 17.9 Å². The number of amides is 1. The summed E-state index contributed by atoms with van der Waals surface area (Å²) < 4.78 is 6.37. The average molecular weight is 328 g/mol. The third-order valence-corrected chi connectivity index (χ3v) is 4.24. The van der Waals surface area contributed by atoms with Crippen LogP contribution in [-0.2, 0) is 13.0 Å². The Morgan fingerprint density at radius 2 is 2.33 bits per heavy atom. The van der Waals surface area contributed by atoms with Crippen molar-refractivity contribution in [1.29, 1.82) is 0 Å². The Hall–Kier alpha value is -1.07. The van der Waals surface area contributed by atoms with E-state index in [9.17, 15) is 4.79 Å². The second-order valence-electron chi connectivity index (χ2n) is 4.03. The molecule has 1 amide bonds. The molecule has 2 heterocycles. The topological polar surface area (TPSA) is 33.5 Å². The molecular formula is C13H14BrNO2S. The SMILES string of the molecule is CCc1occc1C(=O)N(C)Cc1csc(Br)c1. The molecule has 2 rings (SSSR count). The largest absolute Gasteiger partial charge is 0.469 e. The summed E-state index contributed by atoms with van der Waals surface area (Å²) in [5.74, 6) is 0.751. The molecule has 0 saturated heterocycles. The maximum absolute atomic E-state index is 12.3. The van der Waals surface area contributed by atoms with Crippen LogP contribution in [0.1, 0.15) is 28.6 Å². The number of furan rings is 1. The highest BCUT2D eigenvalue weighted by molar-refractivity contribution is 9.11. The van der Waals surface area contributed by atoms with Crippen molar-refractivity contribution in [1.82, 2.24) is 4.90 Å². The van der Waals surface area contributed by atoms with Crippen molar-refractivity contribution >= 4 is 33.2 Å². The molecule has 3 nitrogen and oxygen atoms in total. The second-order valence-corrected chi connectivity index (χ2v) is 6.32. The summed E-state index contributed by atoms with van der Waals surface area (Å²) in [5, 5.41) is 2.05. The molecule has 5 heteroatoms. The van der Waals surface area contributed by atoms with Crippen LogP contribution in [0.3, 0.4) is 0 Å². The van der Waals surface area contributed by atoms with E-state index in [1.807, 2.05) is 18.4 Å². The van der Waals surface area contributed by atoms with Gasteiger partial charge in [-0.05, 0) is 39.0 Å². The van der Waals surface area contributed by atoms with Crippen LogP contribution in [0, 0.1) is 0 Å². The molecule has 0 radical (unpaired) electrons. The summed E-state index contributed by atoms with van der Waals surface area (Å²) in [6.07, 6.45) is 2.30. The molecule has 0 aliphatic rings. The quantitative estimate of drug-likeness (QED) is 0.852. The van der Waals surface area contributed by atoms with Crippen LogP contribution in [0.15, 0.2) is 32.0 Å². The number of hydrogen-bond acceptors (Lipinski definition) is 3. The zero-order chi connectivity index (χ0) is 13.1. The highest BCUT2D eigenvalue weighted by Gasteiger charge is 2.17. The lowest BCUT2D eigenvalue weighted by atomic mass is 10.2. The summed E-state index contributed by atoms with van der Waals surface area (Å²) in [4.78, 5) is 14.0. The third kappa shape index (κ3) is 2.84. The zero-order valence-electron chi connectivity index (χ0n) is 10.3. The number of nitrogens with zero attached hydrogens (tertiary/aromatic N) is 1. The van der Waals surface area contributed by atoms with E-state index in [2.05, 4.69) is 15.9 Å². The number of carbonyl (C=O) groups is 1. The fraction of sp³-hybridized carbons (Fsp3) is 0.308. The van der Waals surface area contributed by atoms with Crippen molar-refractivity contribution in [2.45, 2.75) is 19.9 Å². The molecular weight excluding hydrogens is 314 g/mol. The van der Waals surface area contributed by atoms with Gasteiger partial charge in [-0.25, -0.2) is 0 Å². The maximum Gasteiger partial charge on any atom is 0.257 e. The highest BCUT2D eigenvalue weighted by atomic mass is 79.9. The minimum atomic E-state index is 0.00271. The molecule has 0 aromatic carbocycles. The predicted molar refractivity (Wildman–Crippen MR) is 75.9 cm³/mol. The first-order valence-electron chi connectivity index (χ1n) is 5.66. The molecule has 0 fully saturated rings. The Bertz CT molecular complexity index is 547. The van der Waals surface area contributed by atoms with Gasteiger partial charge in [-0.2, -0.15) is 0 Å². The molecule has 0 unspecified atom stereocenters.